The van der Waals surface area contributed by atoms with Gasteiger partial charge in [-0.15, -0.1) is 0 Å². The zero-order valence-corrected chi connectivity index (χ0v) is 14.0. The molecule has 0 saturated carbocycles. The molecule has 0 spiro atoms. The van der Waals surface area contributed by atoms with Crippen LogP contribution in [0.2, 0.25) is 0 Å². The van der Waals surface area contributed by atoms with Gasteiger partial charge in [-0.1, -0.05) is 42.5 Å². The lowest BCUT2D eigenvalue weighted by atomic mass is 10.0. The fraction of sp³-hybridized carbons (Fsp3) is 0. The van der Waals surface area contributed by atoms with E-state index < -0.39 is 0 Å². The molecule has 0 aliphatic carbocycles. The van der Waals surface area contributed by atoms with E-state index in [1.54, 1.807) is 42.5 Å². The molecule has 0 aliphatic heterocycles. The van der Waals surface area contributed by atoms with E-state index >= 15 is 0 Å². The van der Waals surface area contributed by atoms with Crippen LogP contribution in [0.1, 0.15) is 15.9 Å². The van der Waals surface area contributed by atoms with Crippen LogP contribution in [0, 0.1) is 5.82 Å². The minimum atomic E-state index is -0.316. The van der Waals surface area contributed by atoms with Gasteiger partial charge in [-0.2, -0.15) is 0 Å². The second kappa shape index (κ2) is 7.68. The first kappa shape index (κ1) is 16.8. The summed E-state index contributed by atoms with van der Waals surface area (Å²) in [5.41, 5.74) is 2.40. The van der Waals surface area contributed by atoms with Crippen molar-refractivity contribution in [1.82, 2.24) is 0 Å². The van der Waals surface area contributed by atoms with Crippen LogP contribution < -0.4 is 10.6 Å². The molecule has 5 heteroatoms. The third-order valence-corrected chi connectivity index (χ3v) is 3.76. The van der Waals surface area contributed by atoms with E-state index in [2.05, 4.69) is 10.6 Å². The Balaban J connectivity index is 1.78. The normalized spacial score (nSPS) is 10.1. The summed E-state index contributed by atoms with van der Waals surface area (Å²) in [5, 5.41) is 6.32. The van der Waals surface area contributed by atoms with Crippen LogP contribution >= 0.6 is 12.2 Å². The van der Waals surface area contributed by atoms with Crippen LogP contribution in [0.3, 0.4) is 0 Å². The predicted octanol–water partition coefficient (Wildman–Crippen LogP) is 4.87. The van der Waals surface area contributed by atoms with E-state index in [0.717, 1.165) is 0 Å². The molecule has 25 heavy (non-hydrogen) atoms. The van der Waals surface area contributed by atoms with E-state index in [1.807, 2.05) is 24.3 Å². The van der Waals surface area contributed by atoms with Crippen molar-refractivity contribution in [3.8, 4) is 0 Å². The maximum atomic E-state index is 13.0. The summed E-state index contributed by atoms with van der Waals surface area (Å²) >= 11 is 5.29. The summed E-state index contributed by atoms with van der Waals surface area (Å²) in [6.07, 6.45) is 0. The number of hydrogen-bond donors (Lipinski definition) is 2. The number of thiocarbonyl (C=S) groups is 1. The average Bonchev–Trinajstić information content (AvgIpc) is 2.64. The summed E-state index contributed by atoms with van der Waals surface area (Å²) in [6.45, 7) is 0. The number of ketones is 1. The molecule has 0 aliphatic rings. The van der Waals surface area contributed by atoms with Gasteiger partial charge in [-0.25, -0.2) is 4.39 Å². The molecule has 0 bridgehead atoms. The van der Waals surface area contributed by atoms with Gasteiger partial charge in [0.05, 0.1) is 5.69 Å². The summed E-state index contributed by atoms with van der Waals surface area (Å²) in [7, 11) is 0. The minimum Gasteiger partial charge on any atom is -0.332 e. The maximum Gasteiger partial charge on any atom is 0.195 e. The monoisotopic (exact) mass is 350 g/mol. The summed E-state index contributed by atoms with van der Waals surface area (Å²) in [6, 6.07) is 22.1. The molecule has 2 N–H and O–H groups in total. The van der Waals surface area contributed by atoms with Gasteiger partial charge in [-0.05, 0) is 48.6 Å². The second-order valence-corrected chi connectivity index (χ2v) is 5.73. The number of nitrogens with one attached hydrogen (secondary N) is 2. The van der Waals surface area contributed by atoms with E-state index in [9.17, 15) is 9.18 Å². The third kappa shape index (κ3) is 4.28. The van der Waals surface area contributed by atoms with E-state index in [-0.39, 0.29) is 11.6 Å². The van der Waals surface area contributed by atoms with Crippen LogP contribution in [0.25, 0.3) is 0 Å². The first-order chi connectivity index (χ1) is 12.1. The Hall–Kier alpha value is -3.05. The first-order valence-electron chi connectivity index (χ1n) is 7.66. The van der Waals surface area contributed by atoms with Gasteiger partial charge in [0.1, 0.15) is 5.82 Å². The van der Waals surface area contributed by atoms with Crippen molar-refractivity contribution in [2.75, 3.05) is 10.6 Å². The van der Waals surface area contributed by atoms with Crippen LogP contribution in [0.4, 0.5) is 15.8 Å². The molecular weight excluding hydrogens is 335 g/mol. The molecule has 0 aromatic heterocycles. The largest absolute Gasteiger partial charge is 0.332 e. The molecule has 3 aromatic rings. The van der Waals surface area contributed by atoms with Crippen molar-refractivity contribution in [3.05, 3.63) is 95.8 Å². The Labute approximate surface area is 150 Å². The van der Waals surface area contributed by atoms with Gasteiger partial charge in [0.25, 0.3) is 0 Å². The number of hydrogen-bond acceptors (Lipinski definition) is 2. The topological polar surface area (TPSA) is 41.1 Å². The standard InChI is InChI=1S/C20H15FN2OS/c21-15-10-12-16(13-11-15)22-20(25)23-18-9-5-4-8-17(18)19(24)14-6-2-1-3-7-14/h1-13H,(H2,22,23,25). The summed E-state index contributed by atoms with van der Waals surface area (Å²) in [4.78, 5) is 12.7. The molecule has 3 rings (SSSR count). The molecule has 0 heterocycles. The Kier molecular flexibility index (Phi) is 5.16. The average molecular weight is 350 g/mol. The summed E-state index contributed by atoms with van der Waals surface area (Å²) in [5.74, 6) is -0.406. The second-order valence-electron chi connectivity index (χ2n) is 5.33. The third-order valence-electron chi connectivity index (χ3n) is 3.56. The number of carbonyl (C=O) groups is 1. The van der Waals surface area contributed by atoms with Crippen molar-refractivity contribution in [1.29, 1.82) is 0 Å². The lowest BCUT2D eigenvalue weighted by molar-refractivity contribution is 0.103. The highest BCUT2D eigenvalue weighted by Crippen LogP contribution is 2.20. The van der Waals surface area contributed by atoms with Crippen molar-refractivity contribution >= 4 is 34.5 Å². The molecule has 0 amide bonds. The number of rotatable bonds is 4. The number of halogens is 1. The van der Waals surface area contributed by atoms with Crippen molar-refractivity contribution < 1.29 is 9.18 Å². The Morgan fingerprint density at radius 2 is 1.44 bits per heavy atom. The molecule has 3 aromatic carbocycles. The SMILES string of the molecule is O=C(c1ccccc1)c1ccccc1NC(=S)Nc1ccc(F)cc1. The van der Waals surface area contributed by atoms with Gasteiger partial charge in [0.15, 0.2) is 10.9 Å². The van der Waals surface area contributed by atoms with Gasteiger partial charge >= 0.3 is 0 Å². The fourth-order valence-electron chi connectivity index (χ4n) is 2.35. The Bertz CT molecular complexity index is 895. The number of carbonyl (C=O) groups excluding carboxylic acids is 1. The molecule has 0 radical (unpaired) electrons. The minimum absolute atomic E-state index is 0.0896. The van der Waals surface area contributed by atoms with Crippen LogP contribution in [0.5, 0.6) is 0 Å². The lowest BCUT2D eigenvalue weighted by Gasteiger charge is -2.13. The smallest absolute Gasteiger partial charge is 0.195 e. The number of para-hydroxylation sites is 1. The number of anilines is 2. The Morgan fingerprint density at radius 3 is 2.16 bits per heavy atom. The van der Waals surface area contributed by atoms with Crippen LogP contribution in [0.15, 0.2) is 78.9 Å². The molecule has 0 fully saturated rings. The maximum absolute atomic E-state index is 13.0. The van der Waals surface area contributed by atoms with Crippen LogP contribution in [-0.2, 0) is 0 Å². The predicted molar refractivity (Wildman–Crippen MR) is 103 cm³/mol. The molecular formula is C20H15FN2OS. The first-order valence-corrected chi connectivity index (χ1v) is 8.06. The van der Waals surface area contributed by atoms with Gasteiger partial charge < -0.3 is 10.6 Å². The van der Waals surface area contributed by atoms with Gasteiger partial charge in [-0.3, -0.25) is 4.79 Å². The molecule has 0 unspecified atom stereocenters. The molecule has 0 atom stereocenters. The Morgan fingerprint density at radius 1 is 0.800 bits per heavy atom. The fourth-order valence-corrected chi connectivity index (χ4v) is 2.58. The van der Waals surface area contributed by atoms with Gasteiger partial charge in [0.2, 0.25) is 0 Å². The zero-order chi connectivity index (χ0) is 17.6. The lowest BCUT2D eigenvalue weighted by Crippen LogP contribution is -2.20. The van der Waals surface area contributed by atoms with Crippen molar-refractivity contribution in [2.24, 2.45) is 0 Å². The summed E-state index contributed by atoms with van der Waals surface area (Å²) < 4.78 is 13.0. The van der Waals surface area contributed by atoms with Gasteiger partial charge in [0, 0.05) is 16.8 Å². The zero-order valence-electron chi connectivity index (χ0n) is 13.2. The number of benzene rings is 3. The van der Waals surface area contributed by atoms with E-state index in [0.29, 0.717) is 27.6 Å². The quantitative estimate of drug-likeness (QED) is 0.520. The highest BCUT2D eigenvalue weighted by Gasteiger charge is 2.13. The van der Waals surface area contributed by atoms with E-state index in [1.165, 1.54) is 12.1 Å². The van der Waals surface area contributed by atoms with Crippen LogP contribution in [-0.4, -0.2) is 10.9 Å². The van der Waals surface area contributed by atoms with E-state index in [4.69, 9.17) is 12.2 Å². The molecule has 124 valence electrons. The van der Waals surface area contributed by atoms with Crippen molar-refractivity contribution in [2.45, 2.75) is 0 Å². The van der Waals surface area contributed by atoms with Crippen molar-refractivity contribution in [3.63, 3.8) is 0 Å². The molecule has 0 saturated heterocycles. The molecule has 3 nitrogen and oxygen atoms in total. The highest BCUT2D eigenvalue weighted by atomic mass is 32.1. The highest BCUT2D eigenvalue weighted by molar-refractivity contribution is 7.80.